The molecule has 0 spiro atoms. The van der Waals surface area contributed by atoms with Crippen LogP contribution in [0.5, 0.6) is 0 Å². The molecule has 11 heavy (non-hydrogen) atoms. The van der Waals surface area contributed by atoms with Gasteiger partial charge in [0.2, 0.25) is 0 Å². The lowest BCUT2D eigenvalue weighted by Gasteiger charge is -2.11. The third kappa shape index (κ3) is 1.21. The van der Waals surface area contributed by atoms with Crippen LogP contribution in [0, 0.1) is 0 Å². The van der Waals surface area contributed by atoms with Gasteiger partial charge in [-0.3, -0.25) is 0 Å². The maximum absolute atomic E-state index is 4.22. The average molecular weight is 165 g/mol. The van der Waals surface area contributed by atoms with E-state index in [9.17, 15) is 0 Å². The molecule has 2 rings (SSSR count). The Balaban J connectivity index is 2.51. The molecular weight excluding hydrogens is 158 g/mol. The van der Waals surface area contributed by atoms with E-state index in [0.29, 0.717) is 0 Å². The highest BCUT2D eigenvalue weighted by Crippen LogP contribution is 2.27. The molecule has 1 N–H and O–H groups in total. The molecule has 0 fully saturated rings. The molecule has 0 saturated carbocycles. The molecule has 1 aliphatic heterocycles. The van der Waals surface area contributed by atoms with Crippen LogP contribution >= 0.6 is 11.9 Å². The van der Waals surface area contributed by atoms with Gasteiger partial charge in [0, 0.05) is 6.20 Å². The quantitative estimate of drug-likeness (QED) is 0.595. The maximum Gasteiger partial charge on any atom is 0.169 e. The van der Waals surface area contributed by atoms with E-state index in [0.717, 1.165) is 16.5 Å². The second kappa shape index (κ2) is 2.54. The van der Waals surface area contributed by atoms with E-state index in [1.807, 2.05) is 19.1 Å². The van der Waals surface area contributed by atoms with Gasteiger partial charge < -0.3 is 4.72 Å². The van der Waals surface area contributed by atoms with Crippen molar-refractivity contribution in [2.75, 3.05) is 0 Å². The molecule has 0 aromatic carbocycles. The highest BCUT2D eigenvalue weighted by molar-refractivity contribution is 7.98. The van der Waals surface area contributed by atoms with Gasteiger partial charge in [-0.25, -0.2) is 9.98 Å². The number of nitrogens with one attached hydrogen (secondary N) is 1. The first kappa shape index (κ1) is 6.67. The second-order valence-electron chi connectivity index (χ2n) is 2.23. The molecule has 2 heterocycles. The number of fused-ring (bicyclic) bond motifs is 1. The number of rotatable bonds is 0. The summed E-state index contributed by atoms with van der Waals surface area (Å²) in [5.41, 5.74) is 0. The Morgan fingerprint density at radius 1 is 1.55 bits per heavy atom. The van der Waals surface area contributed by atoms with Crippen molar-refractivity contribution < 1.29 is 0 Å². The Hall–Kier alpha value is -1.03. The Labute approximate surface area is 69.1 Å². The number of hydrogen-bond acceptors (Lipinski definition) is 4. The third-order valence-corrected chi connectivity index (χ3v) is 2.27. The van der Waals surface area contributed by atoms with E-state index in [4.69, 9.17) is 0 Å². The van der Waals surface area contributed by atoms with Crippen molar-refractivity contribution in [3.05, 3.63) is 18.3 Å². The fourth-order valence-electron chi connectivity index (χ4n) is 0.856. The van der Waals surface area contributed by atoms with Gasteiger partial charge in [-0.2, -0.15) is 0 Å². The molecule has 0 amide bonds. The van der Waals surface area contributed by atoms with Gasteiger partial charge in [0.25, 0.3) is 0 Å². The Kier molecular flexibility index (Phi) is 1.54. The number of pyridine rings is 1. The lowest BCUT2D eigenvalue weighted by atomic mass is 10.4. The highest BCUT2D eigenvalue weighted by Gasteiger charge is 2.08. The van der Waals surface area contributed by atoms with Crippen molar-refractivity contribution in [2.24, 2.45) is 4.99 Å². The predicted octanol–water partition coefficient (Wildman–Crippen LogP) is 1.74. The van der Waals surface area contributed by atoms with Gasteiger partial charge >= 0.3 is 0 Å². The molecule has 0 bridgehead atoms. The Morgan fingerprint density at radius 2 is 2.45 bits per heavy atom. The molecule has 0 saturated heterocycles. The van der Waals surface area contributed by atoms with Crippen LogP contribution in [-0.4, -0.2) is 10.8 Å². The maximum atomic E-state index is 4.22. The summed E-state index contributed by atoms with van der Waals surface area (Å²) in [7, 11) is 0. The van der Waals surface area contributed by atoms with Gasteiger partial charge in [-0.05, 0) is 31.0 Å². The first-order valence-electron chi connectivity index (χ1n) is 3.29. The first-order valence-corrected chi connectivity index (χ1v) is 4.11. The summed E-state index contributed by atoms with van der Waals surface area (Å²) in [5, 5.41) is 0. The van der Waals surface area contributed by atoms with Crippen molar-refractivity contribution in [3.8, 4) is 0 Å². The van der Waals surface area contributed by atoms with E-state index in [1.54, 1.807) is 18.1 Å². The summed E-state index contributed by atoms with van der Waals surface area (Å²) >= 11 is 1.55. The highest BCUT2D eigenvalue weighted by atomic mass is 32.2. The second-order valence-corrected chi connectivity index (χ2v) is 3.07. The van der Waals surface area contributed by atoms with Gasteiger partial charge in [-0.1, -0.05) is 0 Å². The number of aliphatic imine (C=N–C) groups is 1. The topological polar surface area (TPSA) is 37.3 Å². The van der Waals surface area contributed by atoms with Crippen LogP contribution < -0.4 is 4.72 Å². The van der Waals surface area contributed by atoms with Crippen molar-refractivity contribution in [3.63, 3.8) is 0 Å². The molecule has 1 aliphatic rings. The molecule has 1 aromatic heterocycles. The fraction of sp³-hybridized carbons (Fsp3) is 0.143. The molecule has 4 heteroatoms. The molecule has 1 aromatic rings. The average Bonchev–Trinajstić information content (AvgIpc) is 2.04. The van der Waals surface area contributed by atoms with Gasteiger partial charge in [0.05, 0.1) is 4.90 Å². The van der Waals surface area contributed by atoms with Crippen LogP contribution in [0.25, 0.3) is 0 Å². The zero-order valence-corrected chi connectivity index (χ0v) is 6.85. The van der Waals surface area contributed by atoms with Gasteiger partial charge in [0.1, 0.15) is 5.84 Å². The Bertz CT molecular complexity index is 308. The summed E-state index contributed by atoms with van der Waals surface area (Å²) in [4.78, 5) is 9.42. The van der Waals surface area contributed by atoms with E-state index in [1.165, 1.54) is 0 Å². The van der Waals surface area contributed by atoms with E-state index in [2.05, 4.69) is 14.7 Å². The molecule has 3 nitrogen and oxygen atoms in total. The van der Waals surface area contributed by atoms with Crippen molar-refractivity contribution in [1.29, 1.82) is 0 Å². The summed E-state index contributed by atoms with van der Waals surface area (Å²) in [6, 6.07) is 3.90. The van der Waals surface area contributed by atoms with Crippen LogP contribution in [0.4, 0.5) is 5.82 Å². The molecular formula is C7H7N3S. The van der Waals surface area contributed by atoms with Gasteiger partial charge in [-0.15, -0.1) is 0 Å². The predicted molar refractivity (Wildman–Crippen MR) is 46.0 cm³/mol. The lowest BCUT2D eigenvalue weighted by molar-refractivity contribution is 1.16. The fourth-order valence-corrected chi connectivity index (χ4v) is 1.50. The van der Waals surface area contributed by atoms with Crippen LogP contribution in [0.2, 0.25) is 0 Å². The minimum Gasteiger partial charge on any atom is -0.314 e. The standard InChI is InChI=1S/C7H7N3S/c1-5-9-7-6(11-10-5)3-2-4-8-7/h2-4H,1H3,(H,8,9,10). The molecule has 0 atom stereocenters. The SMILES string of the molecule is CC1=Nc2ncccc2SN1. The molecule has 0 aliphatic carbocycles. The number of aromatic nitrogens is 1. The van der Waals surface area contributed by atoms with Crippen molar-refractivity contribution >= 4 is 23.6 Å². The van der Waals surface area contributed by atoms with Gasteiger partial charge in [0.15, 0.2) is 5.82 Å². The Morgan fingerprint density at radius 3 is 3.36 bits per heavy atom. The molecule has 0 unspecified atom stereocenters. The molecule has 0 radical (unpaired) electrons. The summed E-state index contributed by atoms with van der Waals surface area (Å²) in [6.07, 6.45) is 1.75. The van der Waals surface area contributed by atoms with Crippen molar-refractivity contribution in [2.45, 2.75) is 11.8 Å². The third-order valence-electron chi connectivity index (χ3n) is 1.33. The number of hydrogen-bond donors (Lipinski definition) is 1. The zero-order valence-electron chi connectivity index (χ0n) is 6.03. The minimum absolute atomic E-state index is 0.814. The number of amidine groups is 1. The van der Waals surface area contributed by atoms with Crippen LogP contribution in [0.1, 0.15) is 6.92 Å². The summed E-state index contributed by atoms with van der Waals surface area (Å²) in [6.45, 7) is 1.92. The largest absolute Gasteiger partial charge is 0.314 e. The van der Waals surface area contributed by atoms with Crippen LogP contribution in [0.15, 0.2) is 28.2 Å². The number of nitrogens with zero attached hydrogens (tertiary/aromatic N) is 2. The summed E-state index contributed by atoms with van der Waals surface area (Å²) < 4.78 is 3.06. The van der Waals surface area contributed by atoms with Crippen LogP contribution in [0.3, 0.4) is 0 Å². The minimum atomic E-state index is 0.814. The summed E-state index contributed by atoms with van der Waals surface area (Å²) in [5.74, 6) is 1.72. The lowest BCUT2D eigenvalue weighted by Crippen LogP contribution is -2.14. The van der Waals surface area contributed by atoms with E-state index < -0.39 is 0 Å². The van der Waals surface area contributed by atoms with Crippen LogP contribution in [-0.2, 0) is 0 Å². The van der Waals surface area contributed by atoms with Crippen molar-refractivity contribution in [1.82, 2.24) is 9.71 Å². The monoisotopic (exact) mass is 165 g/mol. The van der Waals surface area contributed by atoms with E-state index in [-0.39, 0.29) is 0 Å². The zero-order chi connectivity index (χ0) is 7.68. The molecule has 56 valence electrons. The normalized spacial score (nSPS) is 14.8. The smallest absolute Gasteiger partial charge is 0.169 e. The first-order chi connectivity index (χ1) is 5.36. The van der Waals surface area contributed by atoms with E-state index >= 15 is 0 Å².